The molecule has 0 saturated heterocycles. The summed E-state index contributed by atoms with van der Waals surface area (Å²) in [6.45, 7) is 6.05. The lowest BCUT2D eigenvalue weighted by atomic mass is 10.1. The molecule has 0 aliphatic rings. The van der Waals surface area contributed by atoms with Gasteiger partial charge in [0.25, 0.3) is 11.5 Å². The van der Waals surface area contributed by atoms with Gasteiger partial charge in [-0.2, -0.15) is 0 Å². The van der Waals surface area contributed by atoms with Crippen LogP contribution in [0.2, 0.25) is 0 Å². The van der Waals surface area contributed by atoms with Gasteiger partial charge in [0, 0.05) is 26.2 Å². The van der Waals surface area contributed by atoms with E-state index in [0.29, 0.717) is 23.3 Å². The fourth-order valence-electron chi connectivity index (χ4n) is 3.16. The van der Waals surface area contributed by atoms with Gasteiger partial charge in [-0.15, -0.1) is 0 Å². The Balaban J connectivity index is 2.31. The number of nitrogens with zero attached hydrogens (tertiary/aromatic N) is 3. The van der Waals surface area contributed by atoms with Crippen molar-refractivity contribution < 1.29 is 4.79 Å². The van der Waals surface area contributed by atoms with Crippen molar-refractivity contribution in [2.75, 3.05) is 0 Å². The molecule has 1 amide bonds. The molecular formula is C20H24N4O3. The molecule has 0 fully saturated rings. The van der Waals surface area contributed by atoms with Gasteiger partial charge in [0.1, 0.15) is 11.3 Å². The van der Waals surface area contributed by atoms with Crippen LogP contribution in [-0.2, 0) is 20.6 Å². The van der Waals surface area contributed by atoms with Gasteiger partial charge in [0.05, 0.1) is 5.39 Å². The number of fused-ring (bicyclic) bond motifs is 1. The van der Waals surface area contributed by atoms with Gasteiger partial charge in [0.2, 0.25) is 0 Å². The van der Waals surface area contributed by atoms with Crippen molar-refractivity contribution >= 4 is 16.9 Å². The number of hydrogen-bond acceptors (Lipinski definition) is 3. The second-order valence-electron chi connectivity index (χ2n) is 7.75. The van der Waals surface area contributed by atoms with Crippen LogP contribution in [-0.4, -0.2) is 25.1 Å². The number of hydrogen-bond donors (Lipinski definition) is 1. The third kappa shape index (κ3) is 3.45. The zero-order valence-corrected chi connectivity index (χ0v) is 16.2. The average Bonchev–Trinajstić information content (AvgIpc) is 2.97. The SMILES string of the molecule is Cn1c(=O)c2cc(C(=O)NC(C)(C)C)n(Cc3ccccc3)c2n(C)c1=O. The molecule has 7 heteroatoms. The monoisotopic (exact) mass is 368 g/mol. The fourth-order valence-corrected chi connectivity index (χ4v) is 3.16. The summed E-state index contributed by atoms with van der Waals surface area (Å²) in [6, 6.07) is 11.2. The Kier molecular flexibility index (Phi) is 4.55. The Morgan fingerprint density at radius 3 is 2.26 bits per heavy atom. The van der Waals surface area contributed by atoms with E-state index in [4.69, 9.17) is 0 Å². The van der Waals surface area contributed by atoms with Crippen LogP contribution in [0.15, 0.2) is 46.0 Å². The molecule has 0 atom stereocenters. The van der Waals surface area contributed by atoms with Crippen LogP contribution in [0, 0.1) is 0 Å². The summed E-state index contributed by atoms with van der Waals surface area (Å²) in [6.07, 6.45) is 0. The minimum absolute atomic E-state index is 0.288. The Labute approximate surface area is 156 Å². The predicted octanol–water partition coefficient (Wildman–Crippen LogP) is 1.62. The largest absolute Gasteiger partial charge is 0.346 e. The van der Waals surface area contributed by atoms with Crippen molar-refractivity contribution in [2.24, 2.45) is 14.1 Å². The van der Waals surface area contributed by atoms with E-state index in [9.17, 15) is 14.4 Å². The third-order valence-corrected chi connectivity index (χ3v) is 4.40. The normalized spacial score (nSPS) is 11.7. The molecule has 2 aromatic heterocycles. The molecule has 0 unspecified atom stereocenters. The van der Waals surface area contributed by atoms with Gasteiger partial charge in [-0.05, 0) is 32.4 Å². The first-order valence-electron chi connectivity index (χ1n) is 8.76. The van der Waals surface area contributed by atoms with Crippen molar-refractivity contribution in [2.45, 2.75) is 32.9 Å². The maximum absolute atomic E-state index is 12.9. The third-order valence-electron chi connectivity index (χ3n) is 4.40. The lowest BCUT2D eigenvalue weighted by molar-refractivity contribution is 0.0911. The van der Waals surface area contributed by atoms with Crippen molar-refractivity contribution in [1.29, 1.82) is 0 Å². The standard InChI is InChI=1S/C20H24N4O3/c1-20(2,3)21-16(25)15-11-14-17(22(4)19(27)23(5)18(14)26)24(15)12-13-9-7-6-8-10-13/h6-11H,12H2,1-5H3,(H,21,25). The smallest absolute Gasteiger partial charge is 0.332 e. The van der Waals surface area contributed by atoms with Crippen LogP contribution in [0.3, 0.4) is 0 Å². The zero-order chi connectivity index (χ0) is 19.9. The van der Waals surface area contributed by atoms with Crippen LogP contribution < -0.4 is 16.6 Å². The highest BCUT2D eigenvalue weighted by Gasteiger charge is 2.23. The topological polar surface area (TPSA) is 78.0 Å². The number of carbonyl (C=O) groups excluding carboxylic acids is 1. The molecule has 1 aromatic carbocycles. The van der Waals surface area contributed by atoms with Crippen LogP contribution in [0.1, 0.15) is 36.8 Å². The molecule has 7 nitrogen and oxygen atoms in total. The van der Waals surface area contributed by atoms with E-state index in [1.807, 2.05) is 51.1 Å². The van der Waals surface area contributed by atoms with Crippen molar-refractivity contribution in [3.05, 3.63) is 68.5 Å². The van der Waals surface area contributed by atoms with E-state index in [2.05, 4.69) is 5.32 Å². The van der Waals surface area contributed by atoms with Crippen molar-refractivity contribution in [3.63, 3.8) is 0 Å². The second-order valence-corrected chi connectivity index (χ2v) is 7.75. The summed E-state index contributed by atoms with van der Waals surface area (Å²) >= 11 is 0. The van der Waals surface area contributed by atoms with Gasteiger partial charge in [-0.1, -0.05) is 30.3 Å². The number of rotatable bonds is 3. The molecule has 0 radical (unpaired) electrons. The molecule has 0 spiro atoms. The van der Waals surface area contributed by atoms with Crippen LogP contribution in [0.25, 0.3) is 11.0 Å². The van der Waals surface area contributed by atoms with E-state index in [1.54, 1.807) is 17.7 Å². The summed E-state index contributed by atoms with van der Waals surface area (Å²) in [5.41, 5.74) is 0.482. The van der Waals surface area contributed by atoms with Gasteiger partial charge in [-0.25, -0.2) is 4.79 Å². The number of carbonyl (C=O) groups is 1. The first-order valence-corrected chi connectivity index (χ1v) is 8.76. The maximum Gasteiger partial charge on any atom is 0.332 e. The molecular weight excluding hydrogens is 344 g/mol. The van der Waals surface area contributed by atoms with Crippen LogP contribution in [0.4, 0.5) is 0 Å². The van der Waals surface area contributed by atoms with Gasteiger partial charge in [0.15, 0.2) is 0 Å². The van der Waals surface area contributed by atoms with E-state index in [-0.39, 0.29) is 5.91 Å². The van der Waals surface area contributed by atoms with Crippen molar-refractivity contribution in [1.82, 2.24) is 19.0 Å². The Hall–Kier alpha value is -3.09. The molecule has 27 heavy (non-hydrogen) atoms. The van der Waals surface area contributed by atoms with Crippen LogP contribution in [0.5, 0.6) is 0 Å². The van der Waals surface area contributed by atoms with E-state index < -0.39 is 16.8 Å². The van der Waals surface area contributed by atoms with Gasteiger partial charge in [-0.3, -0.25) is 18.7 Å². The highest BCUT2D eigenvalue weighted by Crippen LogP contribution is 2.19. The lowest BCUT2D eigenvalue weighted by Crippen LogP contribution is -2.41. The Morgan fingerprint density at radius 2 is 1.67 bits per heavy atom. The molecule has 1 N–H and O–H groups in total. The summed E-state index contributed by atoms with van der Waals surface area (Å²) in [5.74, 6) is -0.288. The van der Waals surface area contributed by atoms with E-state index in [0.717, 1.165) is 10.1 Å². The molecule has 3 aromatic rings. The van der Waals surface area contributed by atoms with E-state index >= 15 is 0 Å². The second kappa shape index (κ2) is 6.57. The molecule has 2 heterocycles. The molecule has 142 valence electrons. The minimum atomic E-state index is -0.429. The number of aromatic nitrogens is 3. The minimum Gasteiger partial charge on any atom is -0.346 e. The lowest BCUT2D eigenvalue weighted by Gasteiger charge is -2.21. The first-order chi connectivity index (χ1) is 12.6. The number of amides is 1. The van der Waals surface area contributed by atoms with Gasteiger partial charge < -0.3 is 9.88 Å². The zero-order valence-electron chi connectivity index (χ0n) is 16.2. The maximum atomic E-state index is 12.9. The fraction of sp³-hybridized carbons (Fsp3) is 0.350. The number of nitrogens with one attached hydrogen (secondary N) is 1. The summed E-state index contributed by atoms with van der Waals surface area (Å²) in [4.78, 5) is 38.0. The van der Waals surface area contributed by atoms with Crippen LogP contribution >= 0.6 is 0 Å². The highest BCUT2D eigenvalue weighted by molar-refractivity contribution is 5.98. The van der Waals surface area contributed by atoms with Gasteiger partial charge >= 0.3 is 5.69 Å². The van der Waals surface area contributed by atoms with E-state index in [1.165, 1.54) is 11.6 Å². The molecule has 0 saturated carbocycles. The predicted molar refractivity (Wildman–Crippen MR) is 105 cm³/mol. The Morgan fingerprint density at radius 1 is 1.04 bits per heavy atom. The van der Waals surface area contributed by atoms with Crippen molar-refractivity contribution in [3.8, 4) is 0 Å². The first kappa shape index (κ1) is 18.7. The molecule has 0 aliphatic heterocycles. The highest BCUT2D eigenvalue weighted by atomic mass is 16.2. The summed E-state index contributed by atoms with van der Waals surface area (Å²) in [7, 11) is 3.05. The summed E-state index contributed by atoms with van der Waals surface area (Å²) < 4.78 is 4.20. The molecule has 0 aliphatic carbocycles. The molecule has 0 bridgehead atoms. The molecule has 3 rings (SSSR count). The Bertz CT molecular complexity index is 1130. The average molecular weight is 368 g/mol. The number of aryl methyl sites for hydroxylation is 1. The quantitative estimate of drug-likeness (QED) is 0.763. The summed E-state index contributed by atoms with van der Waals surface area (Å²) in [5, 5.41) is 3.28. The number of benzene rings is 1.